The molecule has 1 saturated carbocycles. The Morgan fingerprint density at radius 1 is 1.47 bits per heavy atom. The van der Waals surface area contributed by atoms with Gasteiger partial charge in [0.05, 0.1) is 0 Å². The van der Waals surface area contributed by atoms with Crippen molar-refractivity contribution in [2.75, 3.05) is 24.4 Å². The Morgan fingerprint density at radius 2 is 2.07 bits per heavy atom. The van der Waals surface area contributed by atoms with Crippen molar-refractivity contribution in [1.29, 1.82) is 0 Å². The summed E-state index contributed by atoms with van der Waals surface area (Å²) in [7, 11) is -3.22. The highest BCUT2D eigenvalue weighted by Crippen LogP contribution is 2.48. The van der Waals surface area contributed by atoms with E-state index in [0.717, 1.165) is 25.5 Å². The van der Waals surface area contributed by atoms with Gasteiger partial charge in [-0.25, -0.2) is 8.42 Å². The molecule has 0 aromatic heterocycles. The minimum atomic E-state index is -3.22. The number of amides is 1. The van der Waals surface area contributed by atoms with Crippen molar-refractivity contribution in [1.82, 2.24) is 5.32 Å². The summed E-state index contributed by atoms with van der Waals surface area (Å²) in [6.45, 7) is 0.550. The molecule has 15 heavy (non-hydrogen) atoms. The van der Waals surface area contributed by atoms with Gasteiger partial charge in [-0.3, -0.25) is 4.79 Å². The van der Waals surface area contributed by atoms with Crippen molar-refractivity contribution < 1.29 is 13.2 Å². The number of rotatable bonds is 6. The quantitative estimate of drug-likeness (QED) is 0.704. The van der Waals surface area contributed by atoms with Gasteiger partial charge in [0.1, 0.15) is 5.75 Å². The van der Waals surface area contributed by atoms with E-state index in [0.29, 0.717) is 12.4 Å². The van der Waals surface area contributed by atoms with Crippen LogP contribution in [0.25, 0.3) is 0 Å². The molecule has 1 amide bonds. The lowest BCUT2D eigenvalue weighted by atomic mass is 10.0. The van der Waals surface area contributed by atoms with Crippen molar-refractivity contribution in [3.8, 4) is 0 Å². The van der Waals surface area contributed by atoms with Crippen LogP contribution in [0.15, 0.2) is 0 Å². The first-order chi connectivity index (χ1) is 6.87. The SMILES string of the molecule is CS(=O)(=O)CC(=O)NCC1(CCCl)CC1. The van der Waals surface area contributed by atoms with E-state index in [2.05, 4.69) is 5.32 Å². The molecule has 0 aromatic rings. The summed E-state index contributed by atoms with van der Waals surface area (Å²) >= 11 is 5.64. The molecular formula is C9H16ClNO3S. The molecule has 0 aromatic carbocycles. The van der Waals surface area contributed by atoms with Gasteiger partial charge in [0.15, 0.2) is 9.84 Å². The van der Waals surface area contributed by atoms with Gasteiger partial charge in [-0.2, -0.15) is 0 Å². The van der Waals surface area contributed by atoms with E-state index in [9.17, 15) is 13.2 Å². The number of halogens is 1. The lowest BCUT2D eigenvalue weighted by Crippen LogP contribution is -2.34. The van der Waals surface area contributed by atoms with Crippen LogP contribution in [0.5, 0.6) is 0 Å². The number of hydrogen-bond donors (Lipinski definition) is 1. The largest absolute Gasteiger partial charge is 0.355 e. The van der Waals surface area contributed by atoms with E-state index < -0.39 is 21.5 Å². The van der Waals surface area contributed by atoms with Gasteiger partial charge in [0, 0.05) is 18.7 Å². The molecule has 1 rings (SSSR count). The number of sulfone groups is 1. The summed E-state index contributed by atoms with van der Waals surface area (Å²) < 4.78 is 21.7. The second kappa shape index (κ2) is 4.70. The number of hydrogen-bond acceptors (Lipinski definition) is 3. The fraction of sp³-hybridized carbons (Fsp3) is 0.889. The maximum absolute atomic E-state index is 11.2. The van der Waals surface area contributed by atoms with E-state index >= 15 is 0 Å². The van der Waals surface area contributed by atoms with Gasteiger partial charge in [0.2, 0.25) is 5.91 Å². The molecule has 1 aliphatic rings. The number of nitrogens with one attached hydrogen (secondary N) is 1. The van der Waals surface area contributed by atoms with E-state index in [-0.39, 0.29) is 5.41 Å². The van der Waals surface area contributed by atoms with Crippen molar-refractivity contribution >= 4 is 27.3 Å². The normalized spacial score (nSPS) is 18.5. The second-order valence-corrected chi connectivity index (χ2v) is 6.80. The smallest absolute Gasteiger partial charge is 0.235 e. The Morgan fingerprint density at radius 3 is 2.47 bits per heavy atom. The zero-order valence-corrected chi connectivity index (χ0v) is 10.3. The second-order valence-electron chi connectivity index (χ2n) is 4.29. The molecule has 0 saturated heterocycles. The summed E-state index contributed by atoms with van der Waals surface area (Å²) in [5, 5.41) is 2.65. The molecule has 0 unspecified atom stereocenters. The third-order valence-electron chi connectivity index (χ3n) is 2.64. The van der Waals surface area contributed by atoms with Gasteiger partial charge in [-0.1, -0.05) is 0 Å². The highest BCUT2D eigenvalue weighted by molar-refractivity contribution is 7.91. The molecule has 0 heterocycles. The number of carbonyl (C=O) groups is 1. The molecule has 0 aliphatic heterocycles. The van der Waals surface area contributed by atoms with Crippen LogP contribution in [0.3, 0.4) is 0 Å². The summed E-state index contributed by atoms with van der Waals surface area (Å²) in [4.78, 5) is 11.2. The maximum Gasteiger partial charge on any atom is 0.235 e. The fourth-order valence-electron chi connectivity index (χ4n) is 1.47. The van der Waals surface area contributed by atoms with Crippen LogP contribution in [-0.2, 0) is 14.6 Å². The summed E-state index contributed by atoms with van der Waals surface area (Å²) in [6.07, 6.45) is 4.07. The Kier molecular flexibility index (Phi) is 4.00. The molecule has 1 aliphatic carbocycles. The van der Waals surface area contributed by atoms with Gasteiger partial charge in [-0.05, 0) is 24.7 Å². The first kappa shape index (κ1) is 12.8. The molecule has 0 spiro atoms. The third kappa shape index (κ3) is 4.84. The van der Waals surface area contributed by atoms with Crippen LogP contribution >= 0.6 is 11.6 Å². The lowest BCUT2D eigenvalue weighted by molar-refractivity contribution is -0.118. The molecule has 1 fully saturated rings. The highest BCUT2D eigenvalue weighted by atomic mass is 35.5. The Bertz CT molecular complexity index is 335. The fourth-order valence-corrected chi connectivity index (χ4v) is 2.45. The Labute approximate surface area is 95.3 Å². The minimum absolute atomic E-state index is 0.148. The van der Waals surface area contributed by atoms with Crippen LogP contribution in [-0.4, -0.2) is 38.8 Å². The standard InChI is InChI=1S/C9H16ClNO3S/c1-15(13,14)6-8(12)11-7-9(2-3-9)4-5-10/h2-7H2,1H3,(H,11,12). The van der Waals surface area contributed by atoms with E-state index in [1.807, 2.05) is 0 Å². The topological polar surface area (TPSA) is 63.2 Å². The van der Waals surface area contributed by atoms with Gasteiger partial charge in [0.25, 0.3) is 0 Å². The molecule has 4 nitrogen and oxygen atoms in total. The predicted octanol–water partition coefficient (Wildman–Crippen LogP) is 0.556. The lowest BCUT2D eigenvalue weighted by Gasteiger charge is -2.13. The summed E-state index contributed by atoms with van der Waals surface area (Å²) in [6, 6.07) is 0. The Hall–Kier alpha value is -0.290. The summed E-state index contributed by atoms with van der Waals surface area (Å²) in [5.74, 6) is -0.260. The third-order valence-corrected chi connectivity index (χ3v) is 3.61. The molecule has 0 bridgehead atoms. The van der Waals surface area contributed by atoms with Gasteiger partial charge >= 0.3 is 0 Å². The van der Waals surface area contributed by atoms with Crippen molar-refractivity contribution in [3.63, 3.8) is 0 Å². The van der Waals surface area contributed by atoms with Crippen LogP contribution in [0.1, 0.15) is 19.3 Å². The van der Waals surface area contributed by atoms with Gasteiger partial charge < -0.3 is 5.32 Å². The van der Waals surface area contributed by atoms with Crippen LogP contribution in [0.2, 0.25) is 0 Å². The van der Waals surface area contributed by atoms with Crippen LogP contribution < -0.4 is 5.32 Å². The average Bonchev–Trinajstić information content (AvgIpc) is 2.80. The molecular weight excluding hydrogens is 238 g/mol. The molecule has 0 atom stereocenters. The number of alkyl halides is 1. The molecule has 88 valence electrons. The zero-order chi connectivity index (χ0) is 11.5. The Balaban J connectivity index is 2.29. The van der Waals surface area contributed by atoms with E-state index in [1.54, 1.807) is 0 Å². The van der Waals surface area contributed by atoms with Crippen molar-refractivity contribution in [3.05, 3.63) is 0 Å². The predicted molar refractivity (Wildman–Crippen MR) is 59.7 cm³/mol. The first-order valence-electron chi connectivity index (χ1n) is 4.87. The average molecular weight is 254 g/mol. The van der Waals surface area contributed by atoms with Crippen LogP contribution in [0.4, 0.5) is 0 Å². The van der Waals surface area contributed by atoms with E-state index in [4.69, 9.17) is 11.6 Å². The van der Waals surface area contributed by atoms with E-state index in [1.165, 1.54) is 0 Å². The first-order valence-corrected chi connectivity index (χ1v) is 7.47. The van der Waals surface area contributed by atoms with Crippen LogP contribution in [0, 0.1) is 5.41 Å². The van der Waals surface area contributed by atoms with Gasteiger partial charge in [-0.15, -0.1) is 11.6 Å². The highest BCUT2D eigenvalue weighted by Gasteiger charge is 2.41. The summed E-state index contributed by atoms with van der Waals surface area (Å²) in [5.41, 5.74) is 0.148. The number of carbonyl (C=O) groups excluding carboxylic acids is 1. The minimum Gasteiger partial charge on any atom is -0.355 e. The molecule has 6 heteroatoms. The maximum atomic E-state index is 11.2. The molecule has 0 radical (unpaired) electrons. The van der Waals surface area contributed by atoms with Crippen molar-refractivity contribution in [2.24, 2.45) is 5.41 Å². The van der Waals surface area contributed by atoms with Crippen molar-refractivity contribution in [2.45, 2.75) is 19.3 Å². The zero-order valence-electron chi connectivity index (χ0n) is 8.75. The monoisotopic (exact) mass is 253 g/mol. The molecule has 1 N–H and O–H groups in total.